The Morgan fingerprint density at radius 1 is 1.05 bits per heavy atom. The summed E-state index contributed by atoms with van der Waals surface area (Å²) in [6.45, 7) is 6.56. The lowest BCUT2D eigenvalue weighted by molar-refractivity contribution is -0.137. The highest BCUT2D eigenvalue weighted by Gasteiger charge is 2.24. The molecule has 1 aliphatic carbocycles. The minimum Gasteiger partial charge on any atom is -0.481 e. The molecule has 2 aromatic heterocycles. The number of carboxylic acids is 1. The number of aromatic nitrogens is 1. The minimum absolute atomic E-state index is 0.0700. The van der Waals surface area contributed by atoms with Crippen molar-refractivity contribution in [1.82, 2.24) is 10.3 Å². The average Bonchev–Trinajstić information content (AvgIpc) is 3.59. The van der Waals surface area contributed by atoms with Gasteiger partial charge in [0.15, 0.2) is 0 Å². The van der Waals surface area contributed by atoms with E-state index in [0.717, 1.165) is 55.9 Å². The first kappa shape index (κ1) is 29.3. The second-order valence-corrected chi connectivity index (χ2v) is 14.3. The molecule has 1 fully saturated rings. The fraction of sp³-hybridized carbons (Fsp3) is 0.364. The summed E-state index contributed by atoms with van der Waals surface area (Å²) in [4.78, 5) is 30.7. The van der Waals surface area contributed by atoms with E-state index < -0.39 is 12.0 Å². The van der Waals surface area contributed by atoms with Gasteiger partial charge in [-0.15, -0.1) is 11.3 Å². The van der Waals surface area contributed by atoms with Crippen LogP contribution in [0.25, 0.3) is 10.8 Å². The van der Waals surface area contributed by atoms with Crippen LogP contribution in [0.5, 0.6) is 11.5 Å². The predicted octanol–water partition coefficient (Wildman–Crippen LogP) is 8.83. The summed E-state index contributed by atoms with van der Waals surface area (Å²) in [5.74, 6) is 0.658. The van der Waals surface area contributed by atoms with Gasteiger partial charge in [0.1, 0.15) is 17.2 Å². The molecule has 1 unspecified atom stereocenters. The molecule has 4 aromatic rings. The maximum absolute atomic E-state index is 13.5. The maximum atomic E-state index is 13.5. The molecule has 6 nitrogen and oxygen atoms in total. The Morgan fingerprint density at radius 2 is 1.76 bits per heavy atom. The van der Waals surface area contributed by atoms with E-state index >= 15 is 0 Å². The lowest BCUT2D eigenvalue weighted by Crippen LogP contribution is -2.30. The number of hydrogen-bond donors (Lipinski definition) is 2. The fourth-order valence-corrected chi connectivity index (χ4v) is 6.90. The van der Waals surface area contributed by atoms with Crippen LogP contribution in [0.15, 0.2) is 64.5 Å². The van der Waals surface area contributed by atoms with Crippen molar-refractivity contribution in [3.8, 4) is 11.5 Å². The Kier molecular flexibility index (Phi) is 8.80. The van der Waals surface area contributed by atoms with E-state index in [1.54, 1.807) is 6.07 Å². The number of rotatable bonds is 9. The van der Waals surface area contributed by atoms with Gasteiger partial charge in [-0.2, -0.15) is 0 Å². The molecule has 214 valence electrons. The van der Waals surface area contributed by atoms with E-state index in [9.17, 15) is 14.7 Å². The number of carbonyl (C=O) groups excluding carboxylic acids is 1. The number of ether oxygens (including phenoxy) is 1. The van der Waals surface area contributed by atoms with Gasteiger partial charge in [-0.25, -0.2) is 4.98 Å². The highest BCUT2D eigenvalue weighted by atomic mass is 79.9. The molecular weight excluding hydrogens is 600 g/mol. The van der Waals surface area contributed by atoms with Crippen LogP contribution in [0, 0.1) is 5.92 Å². The molecule has 0 spiro atoms. The number of halogens is 1. The van der Waals surface area contributed by atoms with Gasteiger partial charge in [-0.1, -0.05) is 64.7 Å². The number of thiophene rings is 1. The summed E-state index contributed by atoms with van der Waals surface area (Å²) < 4.78 is 7.11. The van der Waals surface area contributed by atoms with Crippen molar-refractivity contribution in [2.24, 2.45) is 5.92 Å². The van der Waals surface area contributed by atoms with Gasteiger partial charge < -0.3 is 15.2 Å². The monoisotopic (exact) mass is 634 g/mol. The van der Waals surface area contributed by atoms with Crippen LogP contribution in [0.1, 0.15) is 85.5 Å². The van der Waals surface area contributed by atoms with Crippen LogP contribution in [0.4, 0.5) is 0 Å². The van der Waals surface area contributed by atoms with Gasteiger partial charge in [0.25, 0.3) is 5.91 Å². The van der Waals surface area contributed by atoms with Gasteiger partial charge in [-0.3, -0.25) is 9.59 Å². The van der Waals surface area contributed by atoms with E-state index in [-0.39, 0.29) is 17.7 Å². The number of nitrogens with one attached hydrogen (secondary N) is 1. The molecule has 5 rings (SSSR count). The molecule has 2 heterocycles. The van der Waals surface area contributed by atoms with Crippen LogP contribution in [0.2, 0.25) is 0 Å². The van der Waals surface area contributed by atoms with Crippen LogP contribution in [0.3, 0.4) is 0 Å². The Balaban J connectivity index is 1.45. The molecule has 1 aliphatic rings. The van der Waals surface area contributed by atoms with Crippen molar-refractivity contribution in [3.05, 3.63) is 86.3 Å². The van der Waals surface area contributed by atoms with Crippen molar-refractivity contribution < 1.29 is 19.4 Å². The molecule has 0 saturated heterocycles. The van der Waals surface area contributed by atoms with E-state index in [2.05, 4.69) is 54.2 Å². The Bertz CT molecular complexity index is 1550. The van der Waals surface area contributed by atoms with Gasteiger partial charge >= 0.3 is 5.97 Å². The van der Waals surface area contributed by atoms with Gasteiger partial charge in [0.2, 0.25) is 0 Å². The van der Waals surface area contributed by atoms with E-state index in [1.165, 1.54) is 29.7 Å². The zero-order valence-corrected chi connectivity index (χ0v) is 26.0. The standard InChI is InChI=1S/C33H35BrN2O4S/c1-33(2,3)22-9-12-23(13-10-22)40-24-11-8-21-17-28(35-26(25(21)18-24)16-20-6-4-5-7-20)32(39)36-27(19-31(37)38)29-14-15-30(34)41-29/h8-15,17-18,20,27H,4-7,16,19H2,1-3H3,(H,36,39)(H,37,38). The number of carboxylic acid groups (broad SMARTS) is 1. The first-order valence-electron chi connectivity index (χ1n) is 14.0. The maximum Gasteiger partial charge on any atom is 0.305 e. The lowest BCUT2D eigenvalue weighted by atomic mass is 9.87. The molecule has 0 aliphatic heterocycles. The third-order valence-corrected chi connectivity index (χ3v) is 9.39. The first-order valence-corrected chi connectivity index (χ1v) is 15.7. The summed E-state index contributed by atoms with van der Waals surface area (Å²) in [5, 5.41) is 14.3. The van der Waals surface area contributed by atoms with Crippen LogP contribution >= 0.6 is 27.3 Å². The SMILES string of the molecule is CC(C)(C)c1ccc(Oc2ccc3cc(C(=O)NC(CC(=O)O)c4ccc(Br)s4)nc(CC4CCCC4)c3c2)cc1. The molecule has 0 radical (unpaired) electrons. The molecule has 41 heavy (non-hydrogen) atoms. The lowest BCUT2D eigenvalue weighted by Gasteiger charge is -2.19. The third kappa shape index (κ3) is 7.35. The van der Waals surface area contributed by atoms with Gasteiger partial charge in [0.05, 0.1) is 16.2 Å². The number of pyridine rings is 1. The van der Waals surface area contributed by atoms with Crippen molar-refractivity contribution in [3.63, 3.8) is 0 Å². The number of amides is 1. The van der Waals surface area contributed by atoms with Crippen LogP contribution < -0.4 is 10.1 Å². The highest BCUT2D eigenvalue weighted by molar-refractivity contribution is 9.11. The van der Waals surface area contributed by atoms with Crippen LogP contribution in [-0.2, 0) is 16.6 Å². The quantitative estimate of drug-likeness (QED) is 0.192. The highest BCUT2D eigenvalue weighted by Crippen LogP contribution is 2.34. The smallest absolute Gasteiger partial charge is 0.305 e. The molecule has 1 amide bonds. The Morgan fingerprint density at radius 3 is 2.39 bits per heavy atom. The topological polar surface area (TPSA) is 88.5 Å². The van der Waals surface area contributed by atoms with Crippen molar-refractivity contribution >= 4 is 49.9 Å². The number of aliphatic carboxylic acids is 1. The Labute approximate surface area is 253 Å². The largest absolute Gasteiger partial charge is 0.481 e. The molecule has 0 bridgehead atoms. The van der Waals surface area contributed by atoms with E-state index in [0.29, 0.717) is 11.6 Å². The van der Waals surface area contributed by atoms with Crippen molar-refractivity contribution in [2.45, 2.75) is 70.8 Å². The minimum atomic E-state index is -0.978. The van der Waals surface area contributed by atoms with Crippen molar-refractivity contribution in [2.75, 3.05) is 0 Å². The Hall–Kier alpha value is -3.23. The predicted molar refractivity (Wildman–Crippen MR) is 167 cm³/mol. The fourth-order valence-electron chi connectivity index (χ4n) is 5.42. The van der Waals surface area contributed by atoms with Gasteiger partial charge in [-0.05, 0) is 87.1 Å². The second-order valence-electron chi connectivity index (χ2n) is 11.8. The number of benzene rings is 2. The van der Waals surface area contributed by atoms with Crippen LogP contribution in [-0.4, -0.2) is 22.0 Å². The molecule has 8 heteroatoms. The van der Waals surface area contributed by atoms with E-state index in [1.807, 2.05) is 42.5 Å². The molecule has 1 saturated carbocycles. The first-order chi connectivity index (χ1) is 19.5. The number of carbonyl (C=O) groups is 2. The molecule has 1 atom stereocenters. The average molecular weight is 636 g/mol. The summed E-state index contributed by atoms with van der Waals surface area (Å²) >= 11 is 4.84. The summed E-state index contributed by atoms with van der Waals surface area (Å²) in [5.41, 5.74) is 2.49. The molecule has 2 N–H and O–H groups in total. The second kappa shape index (κ2) is 12.3. The zero-order valence-electron chi connectivity index (χ0n) is 23.6. The molecule has 2 aromatic carbocycles. The summed E-state index contributed by atoms with van der Waals surface area (Å²) in [7, 11) is 0. The van der Waals surface area contributed by atoms with Crippen molar-refractivity contribution in [1.29, 1.82) is 0 Å². The number of hydrogen-bond acceptors (Lipinski definition) is 5. The summed E-state index contributed by atoms with van der Waals surface area (Å²) in [6, 6.07) is 18.9. The summed E-state index contributed by atoms with van der Waals surface area (Å²) in [6.07, 6.45) is 5.33. The third-order valence-electron chi connectivity index (χ3n) is 7.65. The van der Waals surface area contributed by atoms with Gasteiger partial charge in [0, 0.05) is 16.0 Å². The number of fused-ring (bicyclic) bond motifs is 1. The number of nitrogens with zero attached hydrogens (tertiary/aromatic N) is 1. The zero-order chi connectivity index (χ0) is 29.1. The molecular formula is C33H35BrN2O4S. The van der Waals surface area contributed by atoms with E-state index in [4.69, 9.17) is 9.72 Å². The normalized spacial score (nSPS) is 14.7.